The van der Waals surface area contributed by atoms with Gasteiger partial charge in [-0.1, -0.05) is 24.3 Å². The number of aromatic nitrogens is 1. The van der Waals surface area contributed by atoms with E-state index in [1.807, 2.05) is 19.1 Å². The van der Waals surface area contributed by atoms with Gasteiger partial charge in [-0.25, -0.2) is 9.78 Å². The minimum Gasteiger partial charge on any atom is -0.497 e. The number of anilines is 1. The van der Waals surface area contributed by atoms with E-state index in [2.05, 4.69) is 21.8 Å². The van der Waals surface area contributed by atoms with E-state index in [4.69, 9.17) is 9.47 Å². The fourth-order valence-electron chi connectivity index (χ4n) is 6.75. The minimum atomic E-state index is -4.42. The van der Waals surface area contributed by atoms with Crippen LogP contribution in [-0.4, -0.2) is 99.6 Å². The third-order valence-corrected chi connectivity index (χ3v) is 12.5. The van der Waals surface area contributed by atoms with Crippen LogP contribution in [0.15, 0.2) is 46.7 Å². The molecule has 3 aliphatic rings. The second-order valence-corrected chi connectivity index (χ2v) is 15.2. The Labute approximate surface area is 292 Å². The number of ether oxygens (including phenoxy) is 2. The summed E-state index contributed by atoms with van der Waals surface area (Å²) in [5, 5.41) is 0.559. The number of fused-ring (bicyclic) bond motifs is 1. The Hall–Kier alpha value is -2.94. The van der Waals surface area contributed by atoms with Crippen molar-refractivity contribution in [3.8, 4) is 5.75 Å². The maximum absolute atomic E-state index is 14.9. The lowest BCUT2D eigenvalue weighted by molar-refractivity contribution is -0.132. The molecule has 2 aromatic carbocycles. The predicted molar refractivity (Wildman–Crippen MR) is 186 cm³/mol. The largest absolute Gasteiger partial charge is 0.497 e. The van der Waals surface area contributed by atoms with Crippen LogP contribution in [-0.2, 0) is 25.2 Å². The standard InChI is InChI=1S/C32H39N5O6S2.2ClH/c1-21-8-6-7-9-26(21)32(43-31(39)36-18-16-35(17-19-36)24-12-14-34(4)15-13-24)27-20-25(42-5)10-11-28(27)37(30(32)38)45(40,41)29-22(2)33-23(3)44-29;;/h6-11,20,24H,12-19H2,1-5H3;2*1H. The highest BCUT2D eigenvalue weighted by Gasteiger charge is 2.60. The topological polar surface area (TPSA) is 113 Å². The first-order valence-electron chi connectivity index (χ1n) is 15.2. The van der Waals surface area contributed by atoms with Gasteiger partial charge in [-0.2, -0.15) is 12.7 Å². The molecule has 6 rings (SSSR count). The van der Waals surface area contributed by atoms with Crippen molar-refractivity contribution in [2.75, 3.05) is 57.7 Å². The van der Waals surface area contributed by atoms with E-state index in [0.29, 0.717) is 59.8 Å². The van der Waals surface area contributed by atoms with Gasteiger partial charge in [0.25, 0.3) is 15.9 Å². The molecule has 15 heteroatoms. The summed E-state index contributed by atoms with van der Waals surface area (Å²) in [7, 11) is -0.798. The molecule has 0 N–H and O–H groups in total. The third-order valence-electron chi connectivity index (χ3n) is 9.16. The van der Waals surface area contributed by atoms with E-state index in [-0.39, 0.29) is 40.3 Å². The van der Waals surface area contributed by atoms with Gasteiger partial charge in [0.05, 0.1) is 23.5 Å². The second-order valence-electron chi connectivity index (χ2n) is 12.0. The molecule has 1 atom stereocenters. The highest BCUT2D eigenvalue weighted by molar-refractivity contribution is 7.95. The average Bonchev–Trinajstić information content (AvgIpc) is 3.50. The number of hydrogen-bond acceptors (Lipinski definition) is 10. The molecular weight excluding hydrogens is 685 g/mol. The SMILES string of the molecule is COc1ccc2c(c1)C(OC(=O)N1CCN(C3CCN(C)CC3)CC1)(c1ccccc1C)C(=O)N2S(=O)(=O)c1sc(C)nc1C.Cl.Cl. The number of rotatable bonds is 6. The number of halogens is 2. The Morgan fingerprint density at radius 1 is 0.957 bits per heavy atom. The first-order valence-corrected chi connectivity index (χ1v) is 17.4. The molecule has 2 amide bonds. The molecule has 3 aliphatic heterocycles. The molecule has 2 fully saturated rings. The normalized spacial score (nSPS) is 20.7. The number of nitrogens with zero attached hydrogens (tertiary/aromatic N) is 5. The molecule has 1 aromatic heterocycles. The quantitative estimate of drug-likeness (QED) is 0.356. The van der Waals surface area contributed by atoms with Crippen LogP contribution in [0.3, 0.4) is 0 Å². The van der Waals surface area contributed by atoms with Crippen molar-refractivity contribution in [1.82, 2.24) is 19.7 Å². The zero-order valence-electron chi connectivity index (χ0n) is 27.1. The highest BCUT2D eigenvalue weighted by atomic mass is 35.5. The number of piperazine rings is 1. The van der Waals surface area contributed by atoms with Crippen LogP contribution < -0.4 is 9.04 Å². The molecule has 4 heterocycles. The molecule has 0 aliphatic carbocycles. The number of likely N-dealkylation sites (tertiary alicyclic amines) is 1. The van der Waals surface area contributed by atoms with Crippen LogP contribution in [0, 0.1) is 20.8 Å². The van der Waals surface area contributed by atoms with Crippen molar-refractivity contribution in [3.05, 3.63) is 69.9 Å². The number of hydrogen-bond donors (Lipinski definition) is 0. The molecule has 3 aromatic rings. The first kappa shape index (κ1) is 36.9. The Kier molecular flexibility index (Phi) is 11.2. The predicted octanol–water partition coefficient (Wildman–Crippen LogP) is 4.75. The molecule has 1 unspecified atom stereocenters. The van der Waals surface area contributed by atoms with E-state index < -0.39 is 27.6 Å². The molecular formula is C32H41Cl2N5O6S2. The summed E-state index contributed by atoms with van der Waals surface area (Å²) in [6.07, 6.45) is 1.51. The number of sulfonamides is 1. The number of benzene rings is 2. The van der Waals surface area contributed by atoms with E-state index in [1.54, 1.807) is 43.0 Å². The van der Waals surface area contributed by atoms with Crippen LogP contribution in [0.25, 0.3) is 0 Å². The van der Waals surface area contributed by atoms with Crippen LogP contribution in [0.2, 0.25) is 0 Å². The number of amides is 2. The van der Waals surface area contributed by atoms with Gasteiger partial charge in [0, 0.05) is 43.3 Å². The van der Waals surface area contributed by atoms with Crippen molar-refractivity contribution in [2.45, 2.75) is 49.5 Å². The summed E-state index contributed by atoms with van der Waals surface area (Å²) < 4.78 is 41.2. The first-order chi connectivity index (χ1) is 21.5. The average molecular weight is 727 g/mol. The summed E-state index contributed by atoms with van der Waals surface area (Å²) >= 11 is 0.999. The number of aryl methyl sites for hydroxylation is 3. The van der Waals surface area contributed by atoms with Crippen molar-refractivity contribution >= 4 is 63.9 Å². The van der Waals surface area contributed by atoms with Gasteiger partial charge in [-0.05, 0) is 77.5 Å². The lowest BCUT2D eigenvalue weighted by Crippen LogP contribution is -2.55. The van der Waals surface area contributed by atoms with Crippen LogP contribution in [0.5, 0.6) is 5.75 Å². The third kappa shape index (κ3) is 6.45. The number of carbonyl (C=O) groups is 2. The van der Waals surface area contributed by atoms with E-state index in [1.165, 1.54) is 13.2 Å². The summed E-state index contributed by atoms with van der Waals surface area (Å²) in [6.45, 7) is 9.51. The van der Waals surface area contributed by atoms with Gasteiger partial charge < -0.3 is 19.3 Å². The highest BCUT2D eigenvalue weighted by Crippen LogP contribution is 2.51. The molecule has 47 heavy (non-hydrogen) atoms. The molecule has 0 bridgehead atoms. The molecule has 11 nitrogen and oxygen atoms in total. The number of methoxy groups -OCH3 is 1. The lowest BCUT2D eigenvalue weighted by Gasteiger charge is -2.42. The van der Waals surface area contributed by atoms with Crippen molar-refractivity contribution < 1.29 is 27.5 Å². The summed E-state index contributed by atoms with van der Waals surface area (Å²) in [5.41, 5.74) is -0.385. The maximum Gasteiger partial charge on any atom is 0.411 e. The van der Waals surface area contributed by atoms with Gasteiger partial charge >= 0.3 is 6.09 Å². The van der Waals surface area contributed by atoms with Gasteiger partial charge in [0.15, 0.2) is 4.21 Å². The summed E-state index contributed by atoms with van der Waals surface area (Å²) in [4.78, 5) is 39.6. The smallest absolute Gasteiger partial charge is 0.411 e. The van der Waals surface area contributed by atoms with Crippen molar-refractivity contribution in [2.24, 2.45) is 0 Å². The Morgan fingerprint density at radius 3 is 2.21 bits per heavy atom. The second kappa shape index (κ2) is 14.3. The minimum absolute atomic E-state index is 0. The zero-order valence-corrected chi connectivity index (χ0v) is 30.4. The van der Waals surface area contributed by atoms with Gasteiger partial charge in [0.2, 0.25) is 5.60 Å². The molecule has 256 valence electrons. The maximum atomic E-state index is 14.9. The Morgan fingerprint density at radius 2 is 1.62 bits per heavy atom. The molecule has 0 saturated carbocycles. The van der Waals surface area contributed by atoms with E-state index in [0.717, 1.165) is 41.6 Å². The zero-order chi connectivity index (χ0) is 32.1. The van der Waals surface area contributed by atoms with Crippen LogP contribution in [0.4, 0.5) is 10.5 Å². The van der Waals surface area contributed by atoms with Crippen molar-refractivity contribution in [3.63, 3.8) is 0 Å². The number of piperidine rings is 1. The Balaban J connectivity index is 0.00000250. The molecule has 0 radical (unpaired) electrons. The van der Waals surface area contributed by atoms with Gasteiger partial charge in [0.1, 0.15) is 5.75 Å². The van der Waals surface area contributed by atoms with E-state index in [9.17, 15) is 18.0 Å². The lowest BCUT2D eigenvalue weighted by atomic mass is 9.84. The van der Waals surface area contributed by atoms with E-state index >= 15 is 0 Å². The summed E-state index contributed by atoms with van der Waals surface area (Å²) in [5.74, 6) is -0.491. The number of carbonyl (C=O) groups excluding carboxylic acids is 2. The number of thiazole rings is 1. The Bertz CT molecular complexity index is 1740. The fraction of sp³-hybridized carbons (Fsp3) is 0.469. The monoisotopic (exact) mass is 725 g/mol. The molecule has 0 spiro atoms. The van der Waals surface area contributed by atoms with Crippen LogP contribution in [0.1, 0.15) is 40.2 Å². The van der Waals surface area contributed by atoms with Gasteiger partial charge in [-0.3, -0.25) is 9.69 Å². The summed E-state index contributed by atoms with van der Waals surface area (Å²) in [6, 6.07) is 12.3. The fourth-order valence-corrected chi connectivity index (χ4v) is 9.75. The van der Waals surface area contributed by atoms with Crippen LogP contribution >= 0.6 is 36.2 Å². The molecule has 2 saturated heterocycles. The van der Waals surface area contributed by atoms with Gasteiger partial charge in [-0.15, -0.1) is 36.2 Å². The van der Waals surface area contributed by atoms with Crippen molar-refractivity contribution in [1.29, 1.82) is 0 Å².